The Balaban J connectivity index is 1.80. The van der Waals surface area contributed by atoms with E-state index in [1.807, 2.05) is 97.1 Å². The van der Waals surface area contributed by atoms with Crippen molar-refractivity contribution in [3.05, 3.63) is 121 Å². The number of hydrogen-bond acceptors (Lipinski definition) is 3. The van der Waals surface area contributed by atoms with E-state index in [4.69, 9.17) is 12.2 Å². The highest BCUT2D eigenvalue weighted by molar-refractivity contribution is 7.80. The van der Waals surface area contributed by atoms with Crippen LogP contribution in [-0.4, -0.2) is 32.9 Å². The quantitative estimate of drug-likeness (QED) is 0.165. The first kappa shape index (κ1) is 23.2. The largest absolute Gasteiger partial charge is 0.309 e. The number of amides is 2. The van der Waals surface area contributed by atoms with Gasteiger partial charge in [-0.2, -0.15) is 0 Å². The monoisotopic (exact) mass is 489 g/mol. The predicted octanol–water partition coefficient (Wildman–Crippen LogP) is 5.62. The average Bonchev–Trinajstić information content (AvgIpc) is 3.30. The zero-order chi connectivity index (χ0) is 25.1. The Morgan fingerprint density at radius 2 is 1.42 bits per heavy atom. The first-order valence-electron chi connectivity index (χ1n) is 11.5. The van der Waals surface area contributed by atoms with Crippen molar-refractivity contribution in [2.75, 3.05) is 6.54 Å². The maximum absolute atomic E-state index is 13.3. The average molecular weight is 490 g/mol. The first-order valence-corrected chi connectivity index (χ1v) is 11.9. The molecule has 36 heavy (non-hydrogen) atoms. The third-order valence-corrected chi connectivity index (χ3v) is 6.28. The minimum absolute atomic E-state index is 0.0208. The van der Waals surface area contributed by atoms with Gasteiger partial charge in [0, 0.05) is 17.8 Å². The van der Waals surface area contributed by atoms with Crippen molar-refractivity contribution in [3.8, 4) is 28.2 Å². The summed E-state index contributed by atoms with van der Waals surface area (Å²) in [5, 5.41) is 2.71. The van der Waals surface area contributed by atoms with Crippen LogP contribution in [0.25, 0.3) is 34.3 Å². The molecule has 4 aromatic rings. The van der Waals surface area contributed by atoms with Gasteiger partial charge in [-0.1, -0.05) is 84.9 Å². The summed E-state index contributed by atoms with van der Waals surface area (Å²) in [7, 11) is 0. The molecule has 3 aromatic carbocycles. The van der Waals surface area contributed by atoms with E-state index in [1.165, 1.54) is 4.90 Å². The van der Waals surface area contributed by atoms with Crippen molar-refractivity contribution >= 4 is 35.2 Å². The second kappa shape index (κ2) is 9.98. The Morgan fingerprint density at radius 1 is 0.833 bits per heavy atom. The molecule has 0 saturated carbocycles. The lowest BCUT2D eigenvalue weighted by molar-refractivity contribution is -0.128. The molecular weight excluding hydrogens is 466 g/mol. The molecule has 0 unspecified atom stereocenters. The Bertz CT molecular complexity index is 1490. The second-order valence-electron chi connectivity index (χ2n) is 8.26. The van der Waals surface area contributed by atoms with Crippen molar-refractivity contribution in [3.63, 3.8) is 0 Å². The number of rotatable bonds is 6. The number of para-hydroxylation sites is 1. The molecule has 0 spiro atoms. The van der Waals surface area contributed by atoms with Crippen molar-refractivity contribution in [1.82, 2.24) is 14.8 Å². The zero-order valence-electron chi connectivity index (χ0n) is 19.4. The number of hydrogen-bond donors (Lipinski definition) is 1. The number of carbonyl (C=O) groups is 2. The normalized spacial score (nSPS) is 14.7. The molecule has 2 amide bonds. The number of nitrogens with zero attached hydrogens (tertiary/aromatic N) is 2. The van der Waals surface area contributed by atoms with Gasteiger partial charge in [-0.25, -0.2) is 0 Å². The maximum Gasteiger partial charge on any atom is 0.265 e. The molecule has 2 heterocycles. The third-order valence-electron chi connectivity index (χ3n) is 5.96. The molecule has 1 aliphatic heterocycles. The standard InChI is InChI=1S/C30H23N3O2S/c1-2-18-32-29(35)25(28(34)31-30(32)36)19-23-20-26(21-12-6-3-7-13-21)33(24-16-10-5-11-17-24)27(23)22-14-8-4-9-15-22/h2-17,19-20H,1,18H2,(H,31,34,36)/b25-19-. The zero-order valence-corrected chi connectivity index (χ0v) is 20.2. The van der Waals surface area contributed by atoms with Gasteiger partial charge in [-0.15, -0.1) is 6.58 Å². The van der Waals surface area contributed by atoms with E-state index in [-0.39, 0.29) is 17.2 Å². The van der Waals surface area contributed by atoms with Crippen LogP contribution in [0.1, 0.15) is 5.56 Å². The number of nitrogens with one attached hydrogen (secondary N) is 1. The van der Waals surface area contributed by atoms with Gasteiger partial charge in [-0.3, -0.25) is 19.8 Å². The van der Waals surface area contributed by atoms with Crippen LogP contribution in [0.4, 0.5) is 0 Å². The van der Waals surface area contributed by atoms with Gasteiger partial charge in [0.25, 0.3) is 11.8 Å². The molecule has 176 valence electrons. The molecule has 5 rings (SSSR count). The molecule has 1 saturated heterocycles. The third kappa shape index (κ3) is 4.30. The van der Waals surface area contributed by atoms with Crippen LogP contribution in [0, 0.1) is 0 Å². The van der Waals surface area contributed by atoms with Crippen LogP contribution < -0.4 is 5.32 Å². The number of thiocarbonyl (C=S) groups is 1. The number of aromatic nitrogens is 1. The van der Waals surface area contributed by atoms with Gasteiger partial charge in [0.1, 0.15) is 5.57 Å². The Labute approximate surface area is 215 Å². The van der Waals surface area contributed by atoms with E-state index in [0.29, 0.717) is 0 Å². The topological polar surface area (TPSA) is 54.3 Å². The second-order valence-corrected chi connectivity index (χ2v) is 8.64. The molecule has 1 aromatic heterocycles. The van der Waals surface area contributed by atoms with Crippen molar-refractivity contribution < 1.29 is 9.59 Å². The highest BCUT2D eigenvalue weighted by Crippen LogP contribution is 2.37. The SMILES string of the molecule is C=CCN1C(=O)/C(=C\c2cc(-c3ccccc3)n(-c3ccccc3)c2-c2ccccc2)C(=O)NC1=S. The highest BCUT2D eigenvalue weighted by atomic mass is 32.1. The van der Waals surface area contributed by atoms with Gasteiger partial charge in [-0.05, 0) is 47.6 Å². The van der Waals surface area contributed by atoms with Crippen molar-refractivity contribution in [1.29, 1.82) is 0 Å². The van der Waals surface area contributed by atoms with Crippen LogP contribution in [0.5, 0.6) is 0 Å². The smallest absolute Gasteiger partial charge is 0.265 e. The lowest BCUT2D eigenvalue weighted by atomic mass is 10.0. The molecular formula is C30H23N3O2S. The van der Waals surface area contributed by atoms with Crippen LogP contribution in [0.2, 0.25) is 0 Å². The van der Waals surface area contributed by atoms with E-state index >= 15 is 0 Å². The Hall–Kier alpha value is -4.55. The van der Waals surface area contributed by atoms with Crippen molar-refractivity contribution in [2.24, 2.45) is 0 Å². The van der Waals surface area contributed by atoms with E-state index in [9.17, 15) is 9.59 Å². The maximum atomic E-state index is 13.3. The minimum atomic E-state index is -0.516. The van der Waals surface area contributed by atoms with Gasteiger partial charge in [0.2, 0.25) is 0 Å². The summed E-state index contributed by atoms with van der Waals surface area (Å²) in [6.07, 6.45) is 3.23. The summed E-state index contributed by atoms with van der Waals surface area (Å²) in [6, 6.07) is 32.0. The Kier molecular flexibility index (Phi) is 6.43. The van der Waals surface area contributed by atoms with Crippen molar-refractivity contribution in [2.45, 2.75) is 0 Å². The van der Waals surface area contributed by atoms with Crippen LogP contribution in [-0.2, 0) is 9.59 Å². The lowest BCUT2D eigenvalue weighted by Crippen LogP contribution is -2.53. The molecule has 1 N–H and O–H groups in total. The molecule has 0 atom stereocenters. The van der Waals surface area contributed by atoms with Crippen LogP contribution in [0.15, 0.2) is 115 Å². The van der Waals surface area contributed by atoms with Crippen LogP contribution >= 0.6 is 12.2 Å². The van der Waals surface area contributed by atoms with E-state index in [1.54, 1.807) is 12.2 Å². The van der Waals surface area contributed by atoms with Gasteiger partial charge < -0.3 is 4.57 Å². The molecule has 5 nitrogen and oxygen atoms in total. The first-order chi connectivity index (χ1) is 17.6. The van der Waals surface area contributed by atoms with E-state index in [2.05, 4.69) is 16.5 Å². The molecule has 0 bridgehead atoms. The summed E-state index contributed by atoms with van der Waals surface area (Å²) in [4.78, 5) is 27.5. The fraction of sp³-hybridized carbons (Fsp3) is 0.0333. The Morgan fingerprint density at radius 3 is 2.03 bits per heavy atom. The lowest BCUT2D eigenvalue weighted by Gasteiger charge is -2.27. The summed E-state index contributed by atoms with van der Waals surface area (Å²) >= 11 is 5.21. The molecule has 6 heteroatoms. The predicted molar refractivity (Wildman–Crippen MR) is 147 cm³/mol. The fourth-order valence-electron chi connectivity index (χ4n) is 4.34. The number of benzene rings is 3. The molecule has 0 aliphatic carbocycles. The highest BCUT2D eigenvalue weighted by Gasteiger charge is 2.33. The molecule has 0 radical (unpaired) electrons. The van der Waals surface area contributed by atoms with Gasteiger partial charge in [0.15, 0.2) is 5.11 Å². The van der Waals surface area contributed by atoms with E-state index in [0.717, 1.165) is 33.8 Å². The van der Waals surface area contributed by atoms with Crippen LogP contribution in [0.3, 0.4) is 0 Å². The molecule has 1 fully saturated rings. The fourth-order valence-corrected chi connectivity index (χ4v) is 4.59. The van der Waals surface area contributed by atoms with Gasteiger partial charge >= 0.3 is 0 Å². The number of carbonyl (C=O) groups excluding carboxylic acids is 2. The summed E-state index contributed by atoms with van der Waals surface area (Å²) in [5.74, 6) is -0.963. The van der Waals surface area contributed by atoms with E-state index < -0.39 is 11.8 Å². The summed E-state index contributed by atoms with van der Waals surface area (Å²) in [5.41, 5.74) is 5.51. The summed E-state index contributed by atoms with van der Waals surface area (Å²) in [6.45, 7) is 3.91. The van der Waals surface area contributed by atoms with Gasteiger partial charge in [0.05, 0.1) is 11.4 Å². The summed E-state index contributed by atoms with van der Waals surface area (Å²) < 4.78 is 2.16. The minimum Gasteiger partial charge on any atom is -0.309 e. The molecule has 1 aliphatic rings.